The fourth-order valence-electron chi connectivity index (χ4n) is 2.37. The predicted molar refractivity (Wildman–Crippen MR) is 99.4 cm³/mol. The summed E-state index contributed by atoms with van der Waals surface area (Å²) in [4.78, 5) is 12.7. The number of hydrogen-bond donors (Lipinski definition) is 1. The number of anilines is 1. The summed E-state index contributed by atoms with van der Waals surface area (Å²) < 4.78 is 27.4. The molecule has 2 aromatic rings. The van der Waals surface area contributed by atoms with Crippen LogP contribution in [0.5, 0.6) is 0 Å². The van der Waals surface area contributed by atoms with Crippen molar-refractivity contribution in [3.8, 4) is 6.07 Å². The predicted octanol–water partition coefficient (Wildman–Crippen LogP) is 2.62. The highest BCUT2D eigenvalue weighted by molar-refractivity contribution is 7.89. The zero-order chi connectivity index (χ0) is 19.7. The molecule has 0 aliphatic rings. The minimum Gasteiger partial charge on any atom is -0.328 e. The Kier molecular flexibility index (Phi) is 5.26. The topological polar surface area (TPSA) is 95.2 Å². The first-order valence-electron chi connectivity index (χ1n) is 7.93. The van der Waals surface area contributed by atoms with Gasteiger partial charge in [-0.15, -0.1) is 0 Å². The van der Waals surface area contributed by atoms with Crippen molar-refractivity contribution in [3.63, 3.8) is 0 Å². The molecule has 1 amide bonds. The fourth-order valence-corrected chi connectivity index (χ4v) is 3.32. The van der Waals surface area contributed by atoms with Gasteiger partial charge in [-0.3, -0.25) is 4.79 Å². The Morgan fingerprint density at radius 2 is 1.88 bits per heavy atom. The summed E-state index contributed by atoms with van der Waals surface area (Å²) in [6.45, 7) is 5.86. The number of carbonyl (C=O) groups is 1. The van der Waals surface area contributed by atoms with E-state index in [1.165, 1.54) is 32.3 Å². The molecule has 1 heterocycles. The maximum absolute atomic E-state index is 12.6. The lowest BCUT2D eigenvalue weighted by molar-refractivity contribution is 0.102. The first-order valence-corrected chi connectivity index (χ1v) is 9.38. The van der Waals surface area contributed by atoms with Crippen LogP contribution in [-0.2, 0) is 15.6 Å². The van der Waals surface area contributed by atoms with Crippen molar-refractivity contribution in [2.24, 2.45) is 0 Å². The number of nitrogens with zero attached hydrogens (tertiary/aromatic N) is 3. The van der Waals surface area contributed by atoms with Crippen LogP contribution in [0.4, 0.5) is 5.82 Å². The molecule has 0 radical (unpaired) electrons. The summed E-state index contributed by atoms with van der Waals surface area (Å²) in [7, 11) is -0.767. The number of benzene rings is 1. The van der Waals surface area contributed by atoms with Crippen LogP contribution in [0.3, 0.4) is 0 Å². The molecule has 0 unspecified atom stereocenters. The van der Waals surface area contributed by atoms with E-state index in [-0.39, 0.29) is 16.0 Å². The van der Waals surface area contributed by atoms with Crippen molar-refractivity contribution >= 4 is 21.7 Å². The van der Waals surface area contributed by atoms with Gasteiger partial charge in [0.15, 0.2) is 0 Å². The fraction of sp³-hybridized carbons (Fsp3) is 0.333. The van der Waals surface area contributed by atoms with Crippen molar-refractivity contribution in [2.75, 3.05) is 19.4 Å². The van der Waals surface area contributed by atoms with Crippen LogP contribution >= 0.6 is 0 Å². The van der Waals surface area contributed by atoms with Gasteiger partial charge >= 0.3 is 0 Å². The van der Waals surface area contributed by atoms with Gasteiger partial charge in [-0.05, 0) is 45.0 Å². The Morgan fingerprint density at radius 1 is 1.23 bits per heavy atom. The molecule has 0 aliphatic heterocycles. The zero-order valence-corrected chi connectivity index (χ0v) is 16.3. The van der Waals surface area contributed by atoms with E-state index in [1.807, 2.05) is 20.8 Å². The maximum Gasteiger partial charge on any atom is 0.256 e. The quantitative estimate of drug-likeness (QED) is 0.890. The molecule has 0 aliphatic carbocycles. The standard InChI is InChI=1S/C18H22N4O3S/c1-18(2,3)22-12-13(11-19)9-16(22)20-17(23)14-7-6-8-15(10-14)26(24,25)21(4)5/h6-10,12H,1-5H3,(H,20,23). The highest BCUT2D eigenvalue weighted by Gasteiger charge is 2.21. The van der Waals surface area contributed by atoms with E-state index in [0.29, 0.717) is 11.4 Å². The van der Waals surface area contributed by atoms with Gasteiger partial charge in [-0.2, -0.15) is 5.26 Å². The van der Waals surface area contributed by atoms with E-state index in [4.69, 9.17) is 5.26 Å². The van der Waals surface area contributed by atoms with Gasteiger partial charge in [0.1, 0.15) is 11.9 Å². The van der Waals surface area contributed by atoms with Crippen LogP contribution in [-0.4, -0.2) is 37.3 Å². The Hall–Kier alpha value is -2.63. The smallest absolute Gasteiger partial charge is 0.256 e. The van der Waals surface area contributed by atoms with Gasteiger partial charge in [0, 0.05) is 31.4 Å². The minimum absolute atomic E-state index is 0.0408. The SMILES string of the molecule is CN(C)S(=O)(=O)c1cccc(C(=O)Nc2cc(C#N)cn2C(C)(C)C)c1. The zero-order valence-electron chi connectivity index (χ0n) is 15.4. The van der Waals surface area contributed by atoms with E-state index in [9.17, 15) is 13.2 Å². The third-order valence-electron chi connectivity index (χ3n) is 3.79. The Bertz CT molecular complexity index is 977. The lowest BCUT2D eigenvalue weighted by atomic mass is 10.1. The van der Waals surface area contributed by atoms with Gasteiger partial charge in [-0.1, -0.05) is 6.07 Å². The van der Waals surface area contributed by atoms with E-state index in [2.05, 4.69) is 11.4 Å². The lowest BCUT2D eigenvalue weighted by Gasteiger charge is -2.24. The van der Waals surface area contributed by atoms with Crippen molar-refractivity contribution in [1.29, 1.82) is 5.26 Å². The highest BCUT2D eigenvalue weighted by atomic mass is 32.2. The van der Waals surface area contributed by atoms with Gasteiger partial charge < -0.3 is 9.88 Å². The molecule has 1 aromatic heterocycles. The molecule has 26 heavy (non-hydrogen) atoms. The normalized spacial score (nSPS) is 12.0. The van der Waals surface area contributed by atoms with Gasteiger partial charge in [0.05, 0.1) is 10.5 Å². The highest BCUT2D eigenvalue weighted by Crippen LogP contribution is 2.25. The van der Waals surface area contributed by atoms with Crippen LogP contribution in [0.1, 0.15) is 36.7 Å². The van der Waals surface area contributed by atoms with Crippen LogP contribution in [0.15, 0.2) is 41.4 Å². The molecular weight excluding hydrogens is 352 g/mol. The number of carbonyl (C=O) groups excluding carboxylic acids is 1. The van der Waals surface area contributed by atoms with Gasteiger partial charge in [0.2, 0.25) is 10.0 Å². The van der Waals surface area contributed by atoms with Crippen molar-refractivity contribution in [1.82, 2.24) is 8.87 Å². The average molecular weight is 374 g/mol. The van der Waals surface area contributed by atoms with E-state index in [0.717, 1.165) is 4.31 Å². The molecular formula is C18H22N4O3S. The summed E-state index contributed by atoms with van der Waals surface area (Å²) >= 11 is 0. The molecule has 0 fully saturated rings. The van der Waals surface area contributed by atoms with Crippen LogP contribution in [0.25, 0.3) is 0 Å². The number of nitrogens with one attached hydrogen (secondary N) is 1. The van der Waals surface area contributed by atoms with Crippen molar-refractivity contribution in [2.45, 2.75) is 31.2 Å². The number of rotatable bonds is 4. The summed E-state index contributed by atoms with van der Waals surface area (Å²) in [5.74, 6) is 0.0221. The Morgan fingerprint density at radius 3 is 2.42 bits per heavy atom. The average Bonchev–Trinajstić information content (AvgIpc) is 2.98. The summed E-state index contributed by atoms with van der Waals surface area (Å²) in [5, 5.41) is 11.9. The maximum atomic E-state index is 12.6. The number of aromatic nitrogens is 1. The first kappa shape index (κ1) is 19.7. The largest absolute Gasteiger partial charge is 0.328 e. The molecule has 1 N–H and O–H groups in total. The summed E-state index contributed by atoms with van der Waals surface area (Å²) in [6, 6.07) is 9.48. The molecule has 0 atom stereocenters. The number of nitriles is 1. The van der Waals surface area contributed by atoms with Crippen molar-refractivity contribution < 1.29 is 13.2 Å². The third-order valence-corrected chi connectivity index (χ3v) is 5.60. The van der Waals surface area contributed by atoms with Crippen LogP contribution in [0, 0.1) is 11.3 Å². The number of sulfonamides is 1. The molecule has 1 aromatic carbocycles. The molecule has 0 saturated carbocycles. The minimum atomic E-state index is -3.63. The molecule has 0 spiro atoms. The molecule has 2 rings (SSSR count). The molecule has 7 nitrogen and oxygen atoms in total. The Labute approximate surface area is 153 Å². The van der Waals surface area contributed by atoms with E-state index in [1.54, 1.807) is 22.9 Å². The second kappa shape index (κ2) is 6.94. The van der Waals surface area contributed by atoms with Gasteiger partial charge in [-0.25, -0.2) is 12.7 Å². The molecule has 8 heteroatoms. The molecule has 0 bridgehead atoms. The van der Waals surface area contributed by atoms with Crippen molar-refractivity contribution in [3.05, 3.63) is 47.7 Å². The number of hydrogen-bond acceptors (Lipinski definition) is 4. The van der Waals surface area contributed by atoms with Gasteiger partial charge in [0.25, 0.3) is 5.91 Å². The number of amides is 1. The van der Waals surface area contributed by atoms with E-state index >= 15 is 0 Å². The Balaban J connectivity index is 2.38. The summed E-state index contributed by atoms with van der Waals surface area (Å²) in [5.41, 5.74) is 0.306. The molecule has 0 saturated heterocycles. The van der Waals surface area contributed by atoms with Crippen LogP contribution in [0.2, 0.25) is 0 Å². The molecule has 138 valence electrons. The van der Waals surface area contributed by atoms with E-state index < -0.39 is 15.9 Å². The summed E-state index contributed by atoms with van der Waals surface area (Å²) in [6.07, 6.45) is 1.67. The monoisotopic (exact) mass is 374 g/mol. The van der Waals surface area contributed by atoms with Crippen LogP contribution < -0.4 is 5.32 Å². The second-order valence-electron chi connectivity index (χ2n) is 7.04. The second-order valence-corrected chi connectivity index (χ2v) is 9.19. The first-order chi connectivity index (χ1) is 12.0. The lowest BCUT2D eigenvalue weighted by Crippen LogP contribution is -2.25. The third kappa shape index (κ3) is 3.95.